The Bertz CT molecular complexity index is 959. The highest BCUT2D eigenvalue weighted by Gasteiger charge is 2.48. The Labute approximate surface area is 156 Å². The Hall–Kier alpha value is -3.28. The molecule has 1 aromatic carbocycles. The van der Waals surface area contributed by atoms with E-state index >= 15 is 0 Å². The summed E-state index contributed by atoms with van der Waals surface area (Å²) in [7, 11) is 1.32. The van der Waals surface area contributed by atoms with E-state index < -0.39 is 17.9 Å². The van der Waals surface area contributed by atoms with Crippen molar-refractivity contribution < 1.29 is 23.2 Å². The molecule has 0 aliphatic carbocycles. The number of benzene rings is 1. The number of methoxy groups -OCH3 is 1. The normalized spacial score (nSPS) is 19.5. The second-order valence-corrected chi connectivity index (χ2v) is 6.56. The van der Waals surface area contributed by atoms with E-state index in [-0.39, 0.29) is 12.3 Å². The molecule has 1 aliphatic heterocycles. The number of carbonyl (C=O) groups excluding carboxylic acids is 2. The lowest BCUT2D eigenvalue weighted by Crippen LogP contribution is -2.42. The van der Waals surface area contributed by atoms with Gasteiger partial charge < -0.3 is 13.6 Å². The number of hydrogen-bond donors (Lipinski definition) is 0. The molecule has 4 rings (SSSR count). The zero-order valence-electron chi connectivity index (χ0n) is 15.0. The summed E-state index contributed by atoms with van der Waals surface area (Å²) in [4.78, 5) is 27.1. The van der Waals surface area contributed by atoms with Crippen LogP contribution in [0.3, 0.4) is 0 Å². The number of anilines is 1. The van der Waals surface area contributed by atoms with E-state index in [0.717, 1.165) is 11.1 Å². The zero-order chi connectivity index (χ0) is 19.0. The van der Waals surface area contributed by atoms with Gasteiger partial charge in [0.1, 0.15) is 17.6 Å². The van der Waals surface area contributed by atoms with Crippen molar-refractivity contribution in [2.45, 2.75) is 25.3 Å². The molecule has 6 heteroatoms. The van der Waals surface area contributed by atoms with Crippen molar-refractivity contribution in [1.82, 2.24) is 0 Å². The fourth-order valence-corrected chi connectivity index (χ4v) is 3.66. The quantitative estimate of drug-likeness (QED) is 0.656. The van der Waals surface area contributed by atoms with Crippen molar-refractivity contribution in [2.75, 3.05) is 12.0 Å². The van der Waals surface area contributed by atoms with Crippen LogP contribution in [0, 0.1) is 6.92 Å². The van der Waals surface area contributed by atoms with E-state index in [4.69, 9.17) is 13.6 Å². The van der Waals surface area contributed by atoms with Crippen LogP contribution in [0.5, 0.6) is 0 Å². The average molecular weight is 365 g/mol. The number of aryl methyl sites for hydroxylation is 1. The summed E-state index contributed by atoms with van der Waals surface area (Å²) in [5.41, 5.74) is 2.39. The zero-order valence-corrected chi connectivity index (χ0v) is 15.0. The minimum Gasteiger partial charge on any atom is -0.469 e. The van der Waals surface area contributed by atoms with Gasteiger partial charge in [-0.25, -0.2) is 4.79 Å². The number of hydrogen-bond acceptors (Lipinski definition) is 5. The molecule has 1 fully saturated rings. The molecule has 1 aliphatic rings. The van der Waals surface area contributed by atoms with Crippen LogP contribution >= 0.6 is 0 Å². The van der Waals surface area contributed by atoms with Gasteiger partial charge in [0.15, 0.2) is 0 Å². The van der Waals surface area contributed by atoms with Gasteiger partial charge in [-0.1, -0.05) is 11.6 Å². The van der Waals surface area contributed by atoms with Gasteiger partial charge in [-0.15, -0.1) is 0 Å². The number of esters is 1. The molecule has 27 heavy (non-hydrogen) atoms. The average Bonchev–Trinajstić information content (AvgIpc) is 3.41. The number of rotatable bonds is 4. The van der Waals surface area contributed by atoms with Crippen molar-refractivity contribution in [3.63, 3.8) is 0 Å². The van der Waals surface area contributed by atoms with Gasteiger partial charge >= 0.3 is 5.97 Å². The molecule has 0 N–H and O–H groups in total. The Morgan fingerprint density at radius 1 is 1.15 bits per heavy atom. The summed E-state index contributed by atoms with van der Waals surface area (Å²) < 4.78 is 16.1. The molecule has 0 unspecified atom stereocenters. The van der Waals surface area contributed by atoms with Gasteiger partial charge in [-0.3, -0.25) is 9.69 Å². The van der Waals surface area contributed by atoms with Gasteiger partial charge in [-0.05, 0) is 43.3 Å². The number of ether oxygens (including phenoxy) is 1. The number of furan rings is 2. The number of amides is 1. The van der Waals surface area contributed by atoms with Crippen molar-refractivity contribution in [3.8, 4) is 11.3 Å². The molecule has 1 saturated heterocycles. The fraction of sp³-hybridized carbons (Fsp3) is 0.238. The maximum atomic E-state index is 13.0. The SMILES string of the molecule is COC(=O)[C@H]1[C@@H](c2ccco2)CC(=O)N1c1ccc(C)cc1-c1ccco1. The van der Waals surface area contributed by atoms with Crippen molar-refractivity contribution in [3.05, 3.63) is 66.3 Å². The molecular formula is C21H19NO5. The summed E-state index contributed by atoms with van der Waals surface area (Å²) >= 11 is 0. The molecule has 3 aromatic rings. The minimum absolute atomic E-state index is 0.163. The predicted molar refractivity (Wildman–Crippen MR) is 98.2 cm³/mol. The molecule has 0 bridgehead atoms. The Morgan fingerprint density at radius 3 is 2.59 bits per heavy atom. The highest BCUT2D eigenvalue weighted by atomic mass is 16.5. The first kappa shape index (κ1) is 17.1. The Morgan fingerprint density at radius 2 is 1.93 bits per heavy atom. The third-order valence-corrected chi connectivity index (χ3v) is 4.87. The molecule has 2 aromatic heterocycles. The van der Waals surface area contributed by atoms with E-state index in [9.17, 15) is 9.59 Å². The Balaban J connectivity index is 1.85. The van der Waals surface area contributed by atoms with Crippen LogP contribution in [0.25, 0.3) is 11.3 Å². The molecule has 0 saturated carbocycles. The van der Waals surface area contributed by atoms with E-state index in [0.29, 0.717) is 17.2 Å². The van der Waals surface area contributed by atoms with Crippen LogP contribution in [0.2, 0.25) is 0 Å². The standard InChI is InChI=1S/C21H19NO5/c1-13-7-8-16(14(11-13)17-5-3-9-26-17)22-19(23)12-15(18-6-4-10-27-18)20(22)21(24)25-2/h3-11,15,20H,12H2,1-2H3/t15-,20-/m1/s1. The van der Waals surface area contributed by atoms with Crippen LogP contribution in [0.15, 0.2) is 63.8 Å². The van der Waals surface area contributed by atoms with Crippen LogP contribution in [0.1, 0.15) is 23.7 Å². The first-order chi connectivity index (χ1) is 13.1. The van der Waals surface area contributed by atoms with E-state index in [1.165, 1.54) is 18.3 Å². The Kier molecular flexibility index (Phi) is 4.32. The third-order valence-electron chi connectivity index (χ3n) is 4.87. The lowest BCUT2D eigenvalue weighted by molar-refractivity contribution is -0.142. The summed E-state index contributed by atoms with van der Waals surface area (Å²) in [5.74, 6) is 0.168. The minimum atomic E-state index is -0.801. The molecule has 0 radical (unpaired) electrons. The molecule has 0 spiro atoms. The summed E-state index contributed by atoms with van der Waals surface area (Å²) in [6.07, 6.45) is 3.28. The summed E-state index contributed by atoms with van der Waals surface area (Å²) in [6.45, 7) is 1.96. The van der Waals surface area contributed by atoms with Gasteiger partial charge in [0.2, 0.25) is 5.91 Å². The number of carbonyl (C=O) groups is 2. The monoisotopic (exact) mass is 365 g/mol. The summed E-state index contributed by atoms with van der Waals surface area (Å²) in [5, 5.41) is 0. The summed E-state index contributed by atoms with van der Waals surface area (Å²) in [6, 6.07) is 12.0. The maximum absolute atomic E-state index is 13.0. The van der Waals surface area contributed by atoms with E-state index in [1.807, 2.05) is 31.2 Å². The predicted octanol–water partition coefficient (Wildman–Crippen LogP) is 3.91. The van der Waals surface area contributed by atoms with Gasteiger partial charge in [0, 0.05) is 12.0 Å². The van der Waals surface area contributed by atoms with Crippen molar-refractivity contribution in [2.24, 2.45) is 0 Å². The maximum Gasteiger partial charge on any atom is 0.329 e. The molecule has 3 heterocycles. The van der Waals surface area contributed by atoms with E-state index in [1.54, 1.807) is 24.5 Å². The lowest BCUT2D eigenvalue weighted by atomic mass is 9.96. The van der Waals surface area contributed by atoms with Crippen LogP contribution in [-0.2, 0) is 14.3 Å². The van der Waals surface area contributed by atoms with Gasteiger partial charge in [-0.2, -0.15) is 0 Å². The molecule has 1 amide bonds. The van der Waals surface area contributed by atoms with Crippen LogP contribution in [0.4, 0.5) is 5.69 Å². The van der Waals surface area contributed by atoms with E-state index in [2.05, 4.69) is 0 Å². The molecule has 6 nitrogen and oxygen atoms in total. The van der Waals surface area contributed by atoms with Crippen molar-refractivity contribution >= 4 is 17.6 Å². The highest BCUT2D eigenvalue weighted by Crippen LogP contribution is 2.42. The van der Waals surface area contributed by atoms with Gasteiger partial charge in [0.25, 0.3) is 0 Å². The molecular weight excluding hydrogens is 346 g/mol. The number of nitrogens with zero attached hydrogens (tertiary/aromatic N) is 1. The molecule has 2 atom stereocenters. The van der Waals surface area contributed by atoms with Gasteiger partial charge in [0.05, 0.1) is 31.2 Å². The topological polar surface area (TPSA) is 72.9 Å². The highest BCUT2D eigenvalue weighted by molar-refractivity contribution is 6.06. The largest absolute Gasteiger partial charge is 0.469 e. The van der Waals surface area contributed by atoms with Crippen LogP contribution < -0.4 is 4.90 Å². The van der Waals surface area contributed by atoms with Crippen molar-refractivity contribution in [1.29, 1.82) is 0 Å². The molecule has 138 valence electrons. The van der Waals surface area contributed by atoms with Crippen LogP contribution in [-0.4, -0.2) is 25.0 Å². The fourth-order valence-electron chi connectivity index (χ4n) is 3.66. The smallest absolute Gasteiger partial charge is 0.329 e. The second kappa shape index (κ2) is 6.79. The second-order valence-electron chi connectivity index (χ2n) is 6.56. The third kappa shape index (κ3) is 2.93. The first-order valence-corrected chi connectivity index (χ1v) is 8.68. The lowest BCUT2D eigenvalue weighted by Gasteiger charge is -2.27. The first-order valence-electron chi connectivity index (χ1n) is 8.68.